The van der Waals surface area contributed by atoms with E-state index < -0.39 is 0 Å². The molecule has 0 atom stereocenters. The van der Waals surface area contributed by atoms with E-state index in [4.69, 9.17) is 4.74 Å². The summed E-state index contributed by atoms with van der Waals surface area (Å²) in [6.45, 7) is 7.09. The Bertz CT molecular complexity index is 661. The number of allylic oxidation sites excluding steroid dienone is 5. The van der Waals surface area contributed by atoms with E-state index in [-0.39, 0.29) is 11.2 Å². The van der Waals surface area contributed by atoms with Crippen LogP contribution in [0.15, 0.2) is 65.8 Å². The van der Waals surface area contributed by atoms with Crippen LogP contribution in [-0.4, -0.2) is 12.4 Å². The van der Waals surface area contributed by atoms with E-state index in [0.29, 0.717) is 6.61 Å². The molecule has 26 heavy (non-hydrogen) atoms. The highest BCUT2D eigenvalue weighted by Crippen LogP contribution is 2.34. The van der Waals surface area contributed by atoms with Crippen molar-refractivity contribution in [3.05, 3.63) is 65.8 Å². The SMILES string of the molecule is CC/C1=C\CC/C(COc2ccccc2)=C/CC(CC)(CC)/C=C/C1=O. The van der Waals surface area contributed by atoms with Gasteiger partial charge in [0.2, 0.25) is 0 Å². The molecule has 2 rings (SSSR count). The molecule has 0 aromatic heterocycles. The standard InChI is InChI=1S/C24H32O2/c1-4-21-12-10-11-20(19-26-22-13-8-7-9-14-22)15-17-24(5-2,6-3)18-16-23(21)25/h7-9,12-16,18H,4-6,10-11,17,19H2,1-3H3/b18-16+,20-15-,21-12+. The fourth-order valence-corrected chi connectivity index (χ4v) is 3.33. The third kappa shape index (κ3) is 5.72. The molecular weight excluding hydrogens is 320 g/mol. The number of carbonyl (C=O) groups is 1. The van der Waals surface area contributed by atoms with Crippen LogP contribution in [0.4, 0.5) is 0 Å². The molecule has 1 aliphatic rings. The van der Waals surface area contributed by atoms with Crippen LogP contribution in [0.3, 0.4) is 0 Å². The molecular formula is C24H32O2. The third-order valence-corrected chi connectivity index (χ3v) is 5.51. The zero-order valence-corrected chi connectivity index (χ0v) is 16.5. The summed E-state index contributed by atoms with van der Waals surface area (Å²) in [4.78, 5) is 12.5. The van der Waals surface area contributed by atoms with Gasteiger partial charge in [-0.3, -0.25) is 4.79 Å². The summed E-state index contributed by atoms with van der Waals surface area (Å²) in [5.74, 6) is 1.07. The number of rotatable bonds is 6. The van der Waals surface area contributed by atoms with Gasteiger partial charge in [-0.1, -0.05) is 57.2 Å². The Balaban J connectivity index is 2.22. The molecule has 2 nitrogen and oxygen atoms in total. The lowest BCUT2D eigenvalue weighted by Crippen LogP contribution is -2.16. The van der Waals surface area contributed by atoms with Crippen molar-refractivity contribution in [1.29, 1.82) is 0 Å². The zero-order chi connectivity index (χ0) is 18.8. The third-order valence-electron chi connectivity index (χ3n) is 5.51. The fraction of sp³-hybridized carbons (Fsp3) is 0.458. The molecule has 0 saturated heterocycles. The summed E-state index contributed by atoms with van der Waals surface area (Å²) in [7, 11) is 0. The summed E-state index contributed by atoms with van der Waals surface area (Å²) >= 11 is 0. The van der Waals surface area contributed by atoms with Crippen molar-refractivity contribution < 1.29 is 9.53 Å². The van der Waals surface area contributed by atoms with Gasteiger partial charge in [-0.15, -0.1) is 0 Å². The molecule has 0 saturated carbocycles. The Morgan fingerprint density at radius 3 is 2.42 bits per heavy atom. The Labute approximate surface area is 158 Å². The van der Waals surface area contributed by atoms with Gasteiger partial charge in [0.15, 0.2) is 5.78 Å². The van der Waals surface area contributed by atoms with Crippen LogP contribution in [0.5, 0.6) is 5.75 Å². The van der Waals surface area contributed by atoms with Gasteiger partial charge >= 0.3 is 0 Å². The van der Waals surface area contributed by atoms with E-state index in [1.54, 1.807) is 0 Å². The number of carbonyl (C=O) groups excluding carboxylic acids is 1. The second kappa shape index (κ2) is 10.2. The minimum absolute atomic E-state index is 0.0524. The summed E-state index contributed by atoms with van der Waals surface area (Å²) in [5, 5.41) is 0. The van der Waals surface area contributed by atoms with E-state index in [9.17, 15) is 4.79 Å². The zero-order valence-electron chi connectivity index (χ0n) is 16.5. The number of hydrogen-bond donors (Lipinski definition) is 0. The average Bonchev–Trinajstić information content (AvgIpc) is 2.72. The van der Waals surface area contributed by atoms with E-state index >= 15 is 0 Å². The maximum absolute atomic E-state index is 12.5. The van der Waals surface area contributed by atoms with Crippen LogP contribution >= 0.6 is 0 Å². The molecule has 0 spiro atoms. The molecule has 1 aromatic rings. The quantitative estimate of drug-likeness (QED) is 0.550. The lowest BCUT2D eigenvalue weighted by molar-refractivity contribution is -0.111. The number of ether oxygens (including phenoxy) is 1. The highest BCUT2D eigenvalue weighted by Gasteiger charge is 2.22. The maximum atomic E-state index is 12.5. The predicted octanol–water partition coefficient (Wildman–Crippen LogP) is 6.44. The molecule has 140 valence electrons. The van der Waals surface area contributed by atoms with Gasteiger partial charge in [0.05, 0.1) is 0 Å². The minimum atomic E-state index is 0.0524. The lowest BCUT2D eigenvalue weighted by Gasteiger charge is -2.27. The van der Waals surface area contributed by atoms with Crippen molar-refractivity contribution in [2.75, 3.05) is 6.61 Å². The molecule has 0 heterocycles. The molecule has 0 unspecified atom stereocenters. The van der Waals surface area contributed by atoms with E-state index in [1.807, 2.05) is 36.4 Å². The van der Waals surface area contributed by atoms with Crippen LogP contribution in [0.1, 0.15) is 59.3 Å². The Morgan fingerprint density at radius 2 is 1.77 bits per heavy atom. The Morgan fingerprint density at radius 1 is 1.04 bits per heavy atom. The lowest BCUT2D eigenvalue weighted by atomic mass is 9.78. The van der Waals surface area contributed by atoms with Gasteiger partial charge in [0.25, 0.3) is 0 Å². The van der Waals surface area contributed by atoms with Gasteiger partial charge in [0, 0.05) is 0 Å². The normalized spacial score (nSPS) is 23.1. The van der Waals surface area contributed by atoms with Crippen molar-refractivity contribution in [1.82, 2.24) is 0 Å². The largest absolute Gasteiger partial charge is 0.489 e. The summed E-state index contributed by atoms with van der Waals surface area (Å²) in [6, 6.07) is 9.96. The fourth-order valence-electron chi connectivity index (χ4n) is 3.33. The maximum Gasteiger partial charge on any atom is 0.181 e. The molecule has 0 aliphatic heterocycles. The van der Waals surface area contributed by atoms with Crippen LogP contribution in [0.2, 0.25) is 0 Å². The summed E-state index contributed by atoms with van der Waals surface area (Å²) < 4.78 is 5.98. The first kappa shape index (κ1) is 20.2. The van der Waals surface area contributed by atoms with Crippen LogP contribution in [0.25, 0.3) is 0 Å². The van der Waals surface area contributed by atoms with Crippen LogP contribution in [0, 0.1) is 5.41 Å². The molecule has 0 bridgehead atoms. The minimum Gasteiger partial charge on any atom is -0.489 e. The van der Waals surface area contributed by atoms with Gasteiger partial charge in [-0.05, 0) is 73.3 Å². The first-order chi connectivity index (χ1) is 12.6. The molecule has 0 radical (unpaired) electrons. The summed E-state index contributed by atoms with van der Waals surface area (Å²) in [6.07, 6.45) is 14.0. The van der Waals surface area contributed by atoms with Crippen molar-refractivity contribution >= 4 is 5.78 Å². The monoisotopic (exact) mass is 352 g/mol. The van der Waals surface area contributed by atoms with E-state index in [1.165, 1.54) is 5.57 Å². The summed E-state index contributed by atoms with van der Waals surface area (Å²) in [5.41, 5.74) is 2.29. The average molecular weight is 353 g/mol. The van der Waals surface area contributed by atoms with Crippen molar-refractivity contribution in [2.24, 2.45) is 5.41 Å². The number of ketones is 1. The smallest absolute Gasteiger partial charge is 0.181 e. The van der Waals surface area contributed by atoms with Crippen LogP contribution in [-0.2, 0) is 4.79 Å². The molecule has 0 amide bonds. The van der Waals surface area contributed by atoms with E-state index in [0.717, 1.165) is 49.8 Å². The predicted molar refractivity (Wildman–Crippen MR) is 109 cm³/mol. The molecule has 0 N–H and O–H groups in total. The van der Waals surface area contributed by atoms with Crippen LogP contribution < -0.4 is 4.74 Å². The van der Waals surface area contributed by atoms with E-state index in [2.05, 4.69) is 39.0 Å². The molecule has 0 fully saturated rings. The van der Waals surface area contributed by atoms with Gasteiger partial charge in [-0.2, -0.15) is 0 Å². The highest BCUT2D eigenvalue weighted by molar-refractivity contribution is 6.03. The number of hydrogen-bond acceptors (Lipinski definition) is 2. The second-order valence-corrected chi connectivity index (χ2v) is 7.06. The Kier molecular flexibility index (Phi) is 7.90. The Hall–Kier alpha value is -2.09. The topological polar surface area (TPSA) is 26.3 Å². The van der Waals surface area contributed by atoms with Gasteiger partial charge in [-0.25, -0.2) is 0 Å². The highest BCUT2D eigenvalue weighted by atomic mass is 16.5. The molecule has 1 aliphatic carbocycles. The second-order valence-electron chi connectivity index (χ2n) is 7.06. The number of para-hydroxylation sites is 1. The number of benzene rings is 1. The van der Waals surface area contributed by atoms with Crippen molar-refractivity contribution in [2.45, 2.75) is 59.3 Å². The first-order valence-corrected chi connectivity index (χ1v) is 9.90. The van der Waals surface area contributed by atoms with Crippen molar-refractivity contribution in [3.8, 4) is 5.75 Å². The molecule has 1 aromatic carbocycles. The van der Waals surface area contributed by atoms with Gasteiger partial charge < -0.3 is 4.74 Å². The van der Waals surface area contributed by atoms with Gasteiger partial charge in [0.1, 0.15) is 12.4 Å². The van der Waals surface area contributed by atoms with Crippen molar-refractivity contribution in [3.63, 3.8) is 0 Å². The first-order valence-electron chi connectivity index (χ1n) is 9.90. The molecule has 2 heteroatoms.